The van der Waals surface area contributed by atoms with Gasteiger partial charge in [0.15, 0.2) is 9.84 Å². The van der Waals surface area contributed by atoms with Crippen LogP contribution in [-0.4, -0.2) is 38.8 Å². The van der Waals surface area contributed by atoms with Crippen LogP contribution in [0.25, 0.3) is 0 Å². The third kappa shape index (κ3) is 4.76. The predicted octanol–water partition coefficient (Wildman–Crippen LogP) is 1.11. The topological polar surface area (TPSA) is 77.5 Å². The van der Waals surface area contributed by atoms with Gasteiger partial charge >= 0.3 is 5.97 Å². The lowest BCUT2D eigenvalue weighted by Gasteiger charge is -2.13. The Bertz CT molecular complexity index is 420. The van der Waals surface area contributed by atoms with E-state index in [0.717, 1.165) is 0 Å². The molecule has 1 saturated carbocycles. The highest BCUT2D eigenvalue weighted by Gasteiger charge is 2.48. The van der Waals surface area contributed by atoms with E-state index in [2.05, 4.69) is 4.74 Å². The number of ether oxygens (including phenoxy) is 1. The van der Waals surface area contributed by atoms with E-state index in [-0.39, 0.29) is 23.9 Å². The minimum atomic E-state index is -3.41. The van der Waals surface area contributed by atoms with Crippen LogP contribution in [-0.2, 0) is 24.2 Å². The summed E-state index contributed by atoms with van der Waals surface area (Å²) >= 11 is 0. The molecule has 0 bridgehead atoms. The van der Waals surface area contributed by atoms with Gasteiger partial charge in [-0.25, -0.2) is 8.42 Å². The molecule has 5 nitrogen and oxygen atoms in total. The maximum atomic E-state index is 11.9. The lowest BCUT2D eigenvalue weighted by molar-refractivity contribution is -0.141. The molecule has 0 radical (unpaired) electrons. The van der Waals surface area contributed by atoms with Crippen LogP contribution in [0.2, 0.25) is 0 Å². The molecule has 6 heteroatoms. The van der Waals surface area contributed by atoms with Crippen molar-refractivity contribution in [3.8, 4) is 0 Å². The van der Waals surface area contributed by atoms with Crippen LogP contribution in [0.1, 0.15) is 39.0 Å². The molecular formula is C12H20O5S. The number of Topliss-reactive ketones (excluding diaryl/α,β-unsaturated/α-hetero) is 1. The number of carbonyl (C=O) groups is 2. The lowest BCUT2D eigenvalue weighted by Crippen LogP contribution is -2.26. The number of esters is 1. The van der Waals surface area contributed by atoms with Gasteiger partial charge < -0.3 is 4.74 Å². The summed E-state index contributed by atoms with van der Waals surface area (Å²) in [5.74, 6) is -1.11. The number of carbonyl (C=O) groups excluding carboxylic acids is 2. The van der Waals surface area contributed by atoms with Gasteiger partial charge in [0.2, 0.25) is 0 Å². The van der Waals surface area contributed by atoms with Crippen LogP contribution in [0, 0.1) is 5.41 Å². The predicted molar refractivity (Wildman–Crippen MR) is 66.9 cm³/mol. The Hall–Kier alpha value is -0.910. The van der Waals surface area contributed by atoms with Crippen LogP contribution in [0.3, 0.4) is 0 Å². The molecule has 0 saturated heterocycles. The summed E-state index contributed by atoms with van der Waals surface area (Å²) in [6.07, 6.45) is 2.50. The van der Waals surface area contributed by atoms with Gasteiger partial charge in [0.1, 0.15) is 11.5 Å². The quantitative estimate of drug-likeness (QED) is 0.621. The number of hydrogen-bond acceptors (Lipinski definition) is 5. The Kier molecular flexibility index (Phi) is 4.90. The first-order valence-corrected chi connectivity index (χ1v) is 7.93. The molecular weight excluding hydrogens is 256 g/mol. The van der Waals surface area contributed by atoms with Crippen LogP contribution >= 0.6 is 0 Å². The van der Waals surface area contributed by atoms with E-state index in [1.165, 1.54) is 7.11 Å². The zero-order valence-corrected chi connectivity index (χ0v) is 11.7. The highest BCUT2D eigenvalue weighted by Crippen LogP contribution is 2.50. The zero-order chi connectivity index (χ0) is 13.8. The SMILES string of the molecule is CCCC(=O)CS(=O)(=O)CC1(CC(=O)OC)CC1. The first kappa shape index (κ1) is 15.1. The first-order valence-electron chi connectivity index (χ1n) is 6.11. The van der Waals surface area contributed by atoms with Crippen molar-refractivity contribution in [2.24, 2.45) is 5.41 Å². The zero-order valence-electron chi connectivity index (χ0n) is 10.9. The smallest absolute Gasteiger partial charge is 0.306 e. The Morgan fingerprint density at radius 2 is 1.89 bits per heavy atom. The lowest BCUT2D eigenvalue weighted by atomic mass is 10.1. The van der Waals surface area contributed by atoms with E-state index < -0.39 is 21.0 Å². The van der Waals surface area contributed by atoms with Gasteiger partial charge in [-0.05, 0) is 24.7 Å². The molecule has 104 valence electrons. The fraction of sp³-hybridized carbons (Fsp3) is 0.833. The number of rotatable bonds is 8. The molecule has 1 fully saturated rings. The van der Waals surface area contributed by atoms with E-state index in [9.17, 15) is 18.0 Å². The van der Waals surface area contributed by atoms with E-state index in [1.54, 1.807) is 0 Å². The largest absolute Gasteiger partial charge is 0.469 e. The standard InChI is InChI=1S/C12H20O5S/c1-3-4-10(13)8-18(15,16)9-12(5-6-12)7-11(14)17-2/h3-9H2,1-2H3. The van der Waals surface area contributed by atoms with Crippen molar-refractivity contribution in [3.63, 3.8) is 0 Å². The second-order valence-electron chi connectivity index (χ2n) is 5.07. The molecule has 0 aromatic heterocycles. The second kappa shape index (κ2) is 5.82. The molecule has 0 spiro atoms. The Morgan fingerprint density at radius 1 is 1.28 bits per heavy atom. The van der Waals surface area contributed by atoms with Gasteiger partial charge in [0, 0.05) is 6.42 Å². The van der Waals surface area contributed by atoms with E-state index >= 15 is 0 Å². The van der Waals surface area contributed by atoms with Crippen molar-refractivity contribution in [2.75, 3.05) is 18.6 Å². The summed E-state index contributed by atoms with van der Waals surface area (Å²) in [6, 6.07) is 0. The molecule has 0 aromatic carbocycles. The van der Waals surface area contributed by atoms with Crippen LogP contribution in [0.15, 0.2) is 0 Å². The van der Waals surface area contributed by atoms with Gasteiger partial charge in [-0.3, -0.25) is 9.59 Å². The molecule has 0 amide bonds. The summed E-state index contributed by atoms with van der Waals surface area (Å²) in [4.78, 5) is 22.6. The fourth-order valence-corrected chi connectivity index (χ4v) is 4.10. The third-order valence-corrected chi connectivity index (χ3v) is 4.95. The van der Waals surface area contributed by atoms with Gasteiger partial charge in [-0.2, -0.15) is 0 Å². The number of methoxy groups -OCH3 is 1. The van der Waals surface area contributed by atoms with Crippen LogP contribution in [0.5, 0.6) is 0 Å². The van der Waals surface area contributed by atoms with Crippen LogP contribution < -0.4 is 0 Å². The highest BCUT2D eigenvalue weighted by atomic mass is 32.2. The Labute approximate surface area is 108 Å². The van der Waals surface area contributed by atoms with Crippen LogP contribution in [0.4, 0.5) is 0 Å². The first-order chi connectivity index (χ1) is 8.32. The average molecular weight is 276 g/mol. The Balaban J connectivity index is 2.55. The van der Waals surface area contributed by atoms with Crippen molar-refractivity contribution >= 4 is 21.6 Å². The Morgan fingerprint density at radius 3 is 2.33 bits per heavy atom. The van der Waals surface area contributed by atoms with Crippen molar-refractivity contribution in [1.82, 2.24) is 0 Å². The summed E-state index contributed by atoms with van der Waals surface area (Å²) in [6.45, 7) is 1.84. The molecule has 0 aromatic rings. The summed E-state index contributed by atoms with van der Waals surface area (Å²) in [7, 11) is -2.12. The van der Waals surface area contributed by atoms with Crippen molar-refractivity contribution in [1.29, 1.82) is 0 Å². The number of ketones is 1. The highest BCUT2D eigenvalue weighted by molar-refractivity contribution is 7.92. The molecule has 0 atom stereocenters. The minimum Gasteiger partial charge on any atom is -0.469 e. The molecule has 0 heterocycles. The van der Waals surface area contributed by atoms with E-state index in [1.807, 2.05) is 6.92 Å². The maximum Gasteiger partial charge on any atom is 0.306 e. The molecule has 1 rings (SSSR count). The average Bonchev–Trinajstić information content (AvgIpc) is 2.95. The van der Waals surface area contributed by atoms with Gasteiger partial charge in [-0.1, -0.05) is 6.92 Å². The molecule has 1 aliphatic rings. The monoisotopic (exact) mass is 276 g/mol. The molecule has 1 aliphatic carbocycles. The number of sulfone groups is 1. The second-order valence-corrected chi connectivity index (χ2v) is 7.14. The molecule has 18 heavy (non-hydrogen) atoms. The fourth-order valence-electron chi connectivity index (χ4n) is 2.04. The minimum absolute atomic E-state index is 0.0788. The molecule has 0 N–H and O–H groups in total. The molecule has 0 aliphatic heterocycles. The summed E-state index contributed by atoms with van der Waals surface area (Å²) < 4.78 is 28.3. The van der Waals surface area contributed by atoms with Crippen molar-refractivity contribution < 1.29 is 22.7 Å². The van der Waals surface area contributed by atoms with Gasteiger partial charge in [0.25, 0.3) is 0 Å². The van der Waals surface area contributed by atoms with Gasteiger partial charge in [0.05, 0.1) is 19.3 Å². The normalized spacial score (nSPS) is 17.2. The van der Waals surface area contributed by atoms with Gasteiger partial charge in [-0.15, -0.1) is 0 Å². The van der Waals surface area contributed by atoms with Crippen molar-refractivity contribution in [3.05, 3.63) is 0 Å². The van der Waals surface area contributed by atoms with E-state index in [0.29, 0.717) is 25.7 Å². The number of hydrogen-bond donors (Lipinski definition) is 0. The van der Waals surface area contributed by atoms with E-state index in [4.69, 9.17) is 0 Å². The maximum absolute atomic E-state index is 11.9. The summed E-state index contributed by atoms with van der Waals surface area (Å²) in [5, 5.41) is 0. The molecule has 0 unspecified atom stereocenters. The summed E-state index contributed by atoms with van der Waals surface area (Å²) in [5.41, 5.74) is -0.474. The third-order valence-electron chi connectivity index (χ3n) is 3.14. The van der Waals surface area contributed by atoms with Crippen molar-refractivity contribution in [2.45, 2.75) is 39.0 Å².